The van der Waals surface area contributed by atoms with Crippen molar-refractivity contribution in [1.82, 2.24) is 9.97 Å². The molecule has 3 aliphatic rings. The van der Waals surface area contributed by atoms with Crippen molar-refractivity contribution >= 4 is 40.2 Å². The summed E-state index contributed by atoms with van der Waals surface area (Å²) in [5, 5.41) is 2.52. The quantitative estimate of drug-likeness (QED) is 0.129. The normalized spacial score (nSPS) is 20.3. The Kier molecular flexibility index (Phi) is 9.30. The van der Waals surface area contributed by atoms with Gasteiger partial charge in [-0.15, -0.1) is 0 Å². The maximum atomic E-state index is 3.74. The highest BCUT2D eigenvalue weighted by Gasteiger charge is 2.43. The molecule has 0 bridgehead atoms. The summed E-state index contributed by atoms with van der Waals surface area (Å²) in [6.07, 6.45) is 21.5. The van der Waals surface area contributed by atoms with Crippen LogP contribution in [0.1, 0.15) is 69.9 Å². The first-order valence-corrected chi connectivity index (χ1v) is 21.1. The van der Waals surface area contributed by atoms with E-state index in [1.54, 1.807) is 11.1 Å². The molecule has 4 unspecified atom stereocenters. The summed E-state index contributed by atoms with van der Waals surface area (Å²) in [7, 11) is 0. The van der Waals surface area contributed by atoms with Gasteiger partial charge in [-0.1, -0.05) is 121 Å². The van der Waals surface area contributed by atoms with E-state index in [1.807, 2.05) is 0 Å². The van der Waals surface area contributed by atoms with E-state index in [9.17, 15) is 0 Å². The van der Waals surface area contributed by atoms with Gasteiger partial charge in [0.15, 0.2) is 6.04 Å². The van der Waals surface area contributed by atoms with Crippen LogP contribution in [0.4, 0.5) is 0 Å². The topological polar surface area (TPSA) is 39.0 Å². The lowest BCUT2D eigenvalue weighted by Crippen LogP contribution is -3.07. The summed E-state index contributed by atoms with van der Waals surface area (Å²) in [4.78, 5) is 8.95. The number of fused-ring (bicyclic) bond motifs is 5. The predicted molar refractivity (Wildman–Crippen MR) is 243 cm³/mol. The Morgan fingerprint density at radius 3 is 1.91 bits per heavy atom. The second-order valence-electron chi connectivity index (χ2n) is 16.5. The molecule has 0 amide bonds. The van der Waals surface area contributed by atoms with Gasteiger partial charge in [0, 0.05) is 56.9 Å². The van der Waals surface area contributed by atoms with E-state index in [2.05, 4.69) is 200 Å². The van der Waals surface area contributed by atoms with Crippen molar-refractivity contribution < 1.29 is 9.48 Å². The number of quaternary nitrogens is 1. The Morgan fingerprint density at radius 2 is 1.28 bits per heavy atom. The molecule has 0 saturated carbocycles. The number of hydrogen-bond donors (Lipinski definition) is 3. The summed E-state index contributed by atoms with van der Waals surface area (Å²) >= 11 is 0. The lowest BCUT2D eigenvalue weighted by atomic mass is 9.77. The van der Waals surface area contributed by atoms with Crippen molar-refractivity contribution in [2.45, 2.75) is 52.6 Å². The lowest BCUT2D eigenvalue weighted by Gasteiger charge is -2.33. The van der Waals surface area contributed by atoms with Gasteiger partial charge in [-0.3, -0.25) is 4.90 Å². The molecule has 0 spiro atoms. The van der Waals surface area contributed by atoms with Crippen molar-refractivity contribution in [3.8, 4) is 22.5 Å². The number of allylic oxidation sites excluding steroid dienone is 4. The van der Waals surface area contributed by atoms with Crippen molar-refractivity contribution in [3.63, 3.8) is 0 Å². The first-order chi connectivity index (χ1) is 28.5. The first kappa shape index (κ1) is 36.1. The number of aromatic nitrogens is 2. The molecule has 58 heavy (non-hydrogen) atoms. The maximum Gasteiger partial charge on any atom is 0.179 e. The molecular weight excluding hydrogens is 705 g/mol. The van der Waals surface area contributed by atoms with E-state index >= 15 is 0 Å². The van der Waals surface area contributed by atoms with Gasteiger partial charge in [0.1, 0.15) is 18.8 Å². The van der Waals surface area contributed by atoms with Crippen molar-refractivity contribution in [1.29, 1.82) is 0 Å². The number of hydrogen-bond acceptors (Lipinski definition) is 0. The molecule has 0 aliphatic carbocycles. The molecule has 4 heteroatoms. The maximum absolute atomic E-state index is 3.74. The van der Waals surface area contributed by atoms with Crippen molar-refractivity contribution in [2.24, 2.45) is 5.92 Å². The highest BCUT2D eigenvalue weighted by molar-refractivity contribution is 5.98. The smallest absolute Gasteiger partial charge is 0.179 e. The molecule has 5 aromatic carbocycles. The molecule has 7 aromatic rings. The molecule has 5 heterocycles. The molecule has 3 N–H and O–H groups in total. The highest BCUT2D eigenvalue weighted by atomic mass is 15.1. The van der Waals surface area contributed by atoms with Crippen molar-refractivity contribution in [2.75, 3.05) is 13.1 Å². The highest BCUT2D eigenvalue weighted by Crippen LogP contribution is 2.44. The Balaban J connectivity index is 1.02. The van der Waals surface area contributed by atoms with Crippen LogP contribution in [0.5, 0.6) is 0 Å². The Morgan fingerprint density at radius 1 is 0.672 bits per heavy atom. The lowest BCUT2D eigenvalue weighted by molar-refractivity contribution is -0.872. The zero-order valence-corrected chi connectivity index (χ0v) is 34.0. The van der Waals surface area contributed by atoms with Gasteiger partial charge in [-0.05, 0) is 90.9 Å². The average molecular weight is 757 g/mol. The number of likely N-dealkylation sites (N-methyl/N-ethyl adjacent to an activating group) is 1. The van der Waals surface area contributed by atoms with Gasteiger partial charge in [0.25, 0.3) is 0 Å². The second kappa shape index (κ2) is 14.9. The van der Waals surface area contributed by atoms with Gasteiger partial charge in [0.05, 0.1) is 30.1 Å². The van der Waals surface area contributed by atoms with Crippen LogP contribution >= 0.6 is 0 Å². The third-order valence-corrected chi connectivity index (χ3v) is 13.4. The van der Waals surface area contributed by atoms with Gasteiger partial charge in [0.2, 0.25) is 0 Å². The van der Waals surface area contributed by atoms with Crippen LogP contribution in [-0.2, 0) is 6.42 Å². The molecule has 4 nitrogen and oxygen atoms in total. The zero-order valence-electron chi connectivity index (χ0n) is 34.0. The summed E-state index contributed by atoms with van der Waals surface area (Å²) in [5.41, 5.74) is 20.0. The molecule has 0 saturated heterocycles. The zero-order chi connectivity index (χ0) is 39.3. The van der Waals surface area contributed by atoms with Gasteiger partial charge in [-0.25, -0.2) is 4.58 Å². The molecule has 286 valence electrons. The predicted octanol–water partition coefficient (Wildman–Crippen LogP) is 11.4. The van der Waals surface area contributed by atoms with E-state index in [0.717, 1.165) is 37.1 Å². The van der Waals surface area contributed by atoms with Crippen LogP contribution in [-0.4, -0.2) is 33.8 Å². The minimum atomic E-state index is 0.230. The van der Waals surface area contributed by atoms with Crippen LogP contribution in [0.25, 0.3) is 56.5 Å². The third kappa shape index (κ3) is 6.24. The standard InChI is InChI=1S/C54H51N4/c1-5-57-30-28-38(24-26-45-43-20-12-14-22-47(43)55-53(45)40-16-8-6-9-17-40)32-49(57)51-37(4)35(2)36(3)42-29-31-58-34-39(33-50(58)52(42)51)25-27-46-44-21-13-15-23-48(44)56-54(46)41-18-10-7-11-19-41/h6-28,30,32,34,39,49-50,55-56H,5,29,31,33H2,1-4H3/q+1/p+1/b26-24+,27-25+. The SMILES string of the molecule is CC[NH+]1C=CC(/C=C/c2c(-c3ccccc3)[nH]c3ccccc23)=CC1c1c(C)c(C)c(C)c2c1C1CC(/C=C/c3c(-c4ccccc4)[nH]c4ccccc34)C=[N+]1CC2. The largest absolute Gasteiger partial charge is 0.354 e. The second-order valence-corrected chi connectivity index (χ2v) is 16.5. The van der Waals surface area contributed by atoms with Crippen LogP contribution in [0.3, 0.4) is 0 Å². The molecule has 4 atom stereocenters. The van der Waals surface area contributed by atoms with Crippen LogP contribution in [0, 0.1) is 26.7 Å². The summed E-state index contributed by atoms with van der Waals surface area (Å²) < 4.78 is 2.68. The van der Waals surface area contributed by atoms with Gasteiger partial charge < -0.3 is 9.97 Å². The fraction of sp³-hybridized carbons (Fsp3) is 0.204. The summed E-state index contributed by atoms with van der Waals surface area (Å²) in [5.74, 6) is 0.355. The van der Waals surface area contributed by atoms with Crippen molar-refractivity contribution in [3.05, 3.63) is 190 Å². The van der Waals surface area contributed by atoms with E-state index < -0.39 is 0 Å². The minimum Gasteiger partial charge on any atom is -0.354 e. The molecule has 10 rings (SSSR count). The third-order valence-electron chi connectivity index (χ3n) is 13.4. The van der Waals surface area contributed by atoms with Gasteiger partial charge >= 0.3 is 0 Å². The van der Waals surface area contributed by atoms with Crippen LogP contribution in [0.2, 0.25) is 0 Å². The Hall–Kier alpha value is -6.23. The number of H-pyrrole nitrogens is 2. The summed E-state index contributed by atoms with van der Waals surface area (Å²) in [6.45, 7) is 11.5. The van der Waals surface area contributed by atoms with E-state index in [1.165, 1.54) is 77.0 Å². The molecule has 2 aromatic heterocycles. The molecule has 0 fully saturated rings. The van der Waals surface area contributed by atoms with Crippen LogP contribution in [0.15, 0.2) is 145 Å². The van der Waals surface area contributed by atoms with Gasteiger partial charge in [-0.2, -0.15) is 0 Å². The molecular formula is C54H52N4+2. The van der Waals surface area contributed by atoms with E-state index in [4.69, 9.17) is 0 Å². The number of nitrogens with one attached hydrogen (secondary N) is 3. The average Bonchev–Trinajstić information content (AvgIpc) is 3.98. The minimum absolute atomic E-state index is 0.230. The Bertz CT molecular complexity index is 2840. The first-order valence-electron chi connectivity index (χ1n) is 21.1. The van der Waals surface area contributed by atoms with E-state index in [0.29, 0.717) is 12.0 Å². The summed E-state index contributed by atoms with van der Waals surface area (Å²) in [6, 6.07) is 39.4. The number of benzene rings is 5. The Labute approximate surface area is 342 Å². The number of rotatable bonds is 8. The van der Waals surface area contributed by atoms with Crippen LogP contribution < -0.4 is 4.90 Å². The number of aromatic amines is 2. The monoisotopic (exact) mass is 756 g/mol. The fourth-order valence-electron chi connectivity index (χ4n) is 10.2. The molecule has 0 radical (unpaired) electrons. The number of para-hydroxylation sites is 2. The fourth-order valence-corrected chi connectivity index (χ4v) is 10.2. The molecule has 3 aliphatic heterocycles. The number of nitrogens with zero attached hydrogens (tertiary/aromatic N) is 1. The van der Waals surface area contributed by atoms with E-state index in [-0.39, 0.29) is 6.04 Å².